The number of hydrogen-bond acceptors (Lipinski definition) is 3. The van der Waals surface area contributed by atoms with Crippen LogP contribution in [0, 0.1) is 0 Å². The molecule has 0 spiro atoms. The summed E-state index contributed by atoms with van der Waals surface area (Å²) in [4.78, 5) is 2.55. The second-order valence-corrected chi connectivity index (χ2v) is 4.33. The maximum absolute atomic E-state index is 5.49. The van der Waals surface area contributed by atoms with Gasteiger partial charge in [0.05, 0.1) is 13.2 Å². The highest BCUT2D eigenvalue weighted by Gasteiger charge is 2.09. The van der Waals surface area contributed by atoms with E-state index in [1.807, 2.05) is 0 Å². The standard InChI is InChI=1S/C11H23ClN2O/c12-4-10-15-11-6-13-5-3-9-14-7-1-2-8-14/h13H,1-11H2. The minimum absolute atomic E-state index is 0.592. The van der Waals surface area contributed by atoms with Crippen molar-refractivity contribution in [2.24, 2.45) is 0 Å². The van der Waals surface area contributed by atoms with Gasteiger partial charge in [-0.25, -0.2) is 0 Å². The summed E-state index contributed by atoms with van der Waals surface area (Å²) in [7, 11) is 0. The van der Waals surface area contributed by atoms with Crippen LogP contribution in [0.3, 0.4) is 0 Å². The number of likely N-dealkylation sites (tertiary alicyclic amines) is 1. The van der Waals surface area contributed by atoms with Gasteiger partial charge in [0.15, 0.2) is 0 Å². The summed E-state index contributed by atoms with van der Waals surface area (Å²) < 4.78 is 5.26. The molecule has 4 heteroatoms. The first-order valence-electron chi connectivity index (χ1n) is 6.00. The van der Waals surface area contributed by atoms with E-state index in [0.717, 1.165) is 19.7 Å². The van der Waals surface area contributed by atoms with E-state index in [1.54, 1.807) is 0 Å². The number of halogens is 1. The average Bonchev–Trinajstić information content (AvgIpc) is 2.75. The van der Waals surface area contributed by atoms with Crippen LogP contribution in [0.5, 0.6) is 0 Å². The molecule has 0 atom stereocenters. The second-order valence-electron chi connectivity index (χ2n) is 3.95. The second kappa shape index (κ2) is 9.40. The van der Waals surface area contributed by atoms with Gasteiger partial charge < -0.3 is 15.0 Å². The third-order valence-corrected chi connectivity index (χ3v) is 2.83. The maximum atomic E-state index is 5.49. The molecule has 0 bridgehead atoms. The zero-order valence-electron chi connectivity index (χ0n) is 9.51. The van der Waals surface area contributed by atoms with E-state index < -0.39 is 0 Å². The van der Waals surface area contributed by atoms with E-state index in [1.165, 1.54) is 38.9 Å². The number of rotatable bonds is 9. The summed E-state index contributed by atoms with van der Waals surface area (Å²) in [5.41, 5.74) is 0. The minimum atomic E-state index is 0.592. The molecule has 0 unspecified atom stereocenters. The molecule has 3 nitrogen and oxygen atoms in total. The van der Waals surface area contributed by atoms with E-state index in [2.05, 4.69) is 10.2 Å². The summed E-state index contributed by atoms with van der Waals surface area (Å²) in [6, 6.07) is 0. The highest BCUT2D eigenvalue weighted by atomic mass is 35.5. The summed E-state index contributed by atoms with van der Waals surface area (Å²) in [6.07, 6.45) is 4.02. The monoisotopic (exact) mass is 234 g/mol. The SMILES string of the molecule is ClCCOCCNCCCN1CCCC1. The molecule has 1 aliphatic heterocycles. The van der Waals surface area contributed by atoms with E-state index in [9.17, 15) is 0 Å². The van der Waals surface area contributed by atoms with Crippen molar-refractivity contribution >= 4 is 11.6 Å². The fourth-order valence-corrected chi connectivity index (χ4v) is 1.97. The van der Waals surface area contributed by atoms with Crippen molar-refractivity contribution in [3.8, 4) is 0 Å². The zero-order valence-corrected chi connectivity index (χ0v) is 10.3. The van der Waals surface area contributed by atoms with Gasteiger partial charge in [0.2, 0.25) is 0 Å². The first kappa shape index (κ1) is 13.2. The predicted molar refractivity (Wildman–Crippen MR) is 64.7 cm³/mol. The molecule has 0 aromatic rings. The smallest absolute Gasteiger partial charge is 0.0602 e. The van der Waals surface area contributed by atoms with Gasteiger partial charge >= 0.3 is 0 Å². The van der Waals surface area contributed by atoms with Crippen molar-refractivity contribution in [3.63, 3.8) is 0 Å². The molecule has 0 saturated carbocycles. The van der Waals surface area contributed by atoms with E-state index in [-0.39, 0.29) is 0 Å². The normalized spacial score (nSPS) is 17.4. The van der Waals surface area contributed by atoms with Crippen molar-refractivity contribution in [1.82, 2.24) is 10.2 Å². The fraction of sp³-hybridized carbons (Fsp3) is 1.00. The van der Waals surface area contributed by atoms with Gasteiger partial charge in [0.25, 0.3) is 0 Å². The van der Waals surface area contributed by atoms with Crippen LogP contribution in [0.25, 0.3) is 0 Å². The Morgan fingerprint density at radius 2 is 1.93 bits per heavy atom. The Balaban J connectivity index is 1.73. The molecule has 1 heterocycles. The lowest BCUT2D eigenvalue weighted by Crippen LogP contribution is -2.26. The first-order chi connectivity index (χ1) is 7.43. The van der Waals surface area contributed by atoms with Crippen LogP contribution in [-0.4, -0.2) is 56.7 Å². The van der Waals surface area contributed by atoms with Gasteiger partial charge in [-0.05, 0) is 45.4 Å². The third kappa shape index (κ3) is 7.12. The minimum Gasteiger partial charge on any atom is -0.379 e. The molecule has 1 N–H and O–H groups in total. The Labute approximate surface area is 98.1 Å². The molecule has 1 rings (SSSR count). The Kier molecular flexibility index (Phi) is 8.29. The van der Waals surface area contributed by atoms with Crippen LogP contribution < -0.4 is 5.32 Å². The Morgan fingerprint density at radius 1 is 1.13 bits per heavy atom. The summed E-state index contributed by atoms with van der Waals surface area (Å²) in [5.74, 6) is 0.592. The quantitative estimate of drug-likeness (QED) is 0.481. The molecule has 0 aromatic carbocycles. The van der Waals surface area contributed by atoms with Crippen molar-refractivity contribution < 1.29 is 4.74 Å². The Bertz CT molecular complexity index is 141. The van der Waals surface area contributed by atoms with Crippen LogP contribution in [0.1, 0.15) is 19.3 Å². The maximum Gasteiger partial charge on any atom is 0.0602 e. The predicted octanol–water partition coefficient (Wildman–Crippen LogP) is 1.32. The molecular weight excluding hydrogens is 212 g/mol. The molecule has 1 aliphatic rings. The fourth-order valence-electron chi connectivity index (χ4n) is 1.86. The topological polar surface area (TPSA) is 24.5 Å². The molecule has 0 aliphatic carbocycles. The molecule has 1 fully saturated rings. The number of hydrogen-bond donors (Lipinski definition) is 1. The van der Waals surface area contributed by atoms with Crippen LogP contribution in [0.4, 0.5) is 0 Å². The number of alkyl halides is 1. The van der Waals surface area contributed by atoms with Gasteiger partial charge in [-0.3, -0.25) is 0 Å². The molecule has 0 aromatic heterocycles. The van der Waals surface area contributed by atoms with E-state index >= 15 is 0 Å². The number of ether oxygens (including phenoxy) is 1. The summed E-state index contributed by atoms with van der Waals surface area (Å²) in [6.45, 7) is 7.33. The largest absolute Gasteiger partial charge is 0.379 e. The Morgan fingerprint density at radius 3 is 2.67 bits per heavy atom. The van der Waals surface area contributed by atoms with Crippen LogP contribution in [0.15, 0.2) is 0 Å². The van der Waals surface area contributed by atoms with E-state index in [0.29, 0.717) is 12.5 Å². The molecule has 90 valence electrons. The van der Waals surface area contributed by atoms with Gasteiger partial charge in [0, 0.05) is 12.4 Å². The van der Waals surface area contributed by atoms with E-state index in [4.69, 9.17) is 16.3 Å². The van der Waals surface area contributed by atoms with Crippen molar-refractivity contribution in [3.05, 3.63) is 0 Å². The van der Waals surface area contributed by atoms with Gasteiger partial charge in [0.1, 0.15) is 0 Å². The summed E-state index contributed by atoms with van der Waals surface area (Å²) in [5, 5.41) is 3.37. The molecule has 0 radical (unpaired) electrons. The third-order valence-electron chi connectivity index (χ3n) is 2.67. The number of nitrogens with one attached hydrogen (secondary N) is 1. The van der Waals surface area contributed by atoms with Crippen LogP contribution in [-0.2, 0) is 4.74 Å². The van der Waals surface area contributed by atoms with Gasteiger partial charge in [-0.15, -0.1) is 11.6 Å². The molecule has 1 saturated heterocycles. The first-order valence-corrected chi connectivity index (χ1v) is 6.53. The van der Waals surface area contributed by atoms with Crippen molar-refractivity contribution in [1.29, 1.82) is 0 Å². The van der Waals surface area contributed by atoms with Crippen molar-refractivity contribution in [2.45, 2.75) is 19.3 Å². The molecule has 0 amide bonds. The van der Waals surface area contributed by atoms with Crippen LogP contribution >= 0.6 is 11.6 Å². The highest BCUT2D eigenvalue weighted by molar-refractivity contribution is 6.17. The average molecular weight is 235 g/mol. The van der Waals surface area contributed by atoms with Gasteiger partial charge in [-0.1, -0.05) is 0 Å². The van der Waals surface area contributed by atoms with Crippen LogP contribution in [0.2, 0.25) is 0 Å². The summed E-state index contributed by atoms with van der Waals surface area (Å²) >= 11 is 5.49. The van der Waals surface area contributed by atoms with Crippen molar-refractivity contribution in [2.75, 3.05) is 51.8 Å². The lowest BCUT2D eigenvalue weighted by molar-refractivity contribution is 0.151. The number of nitrogens with zero attached hydrogens (tertiary/aromatic N) is 1. The highest BCUT2D eigenvalue weighted by Crippen LogP contribution is 2.06. The lowest BCUT2D eigenvalue weighted by atomic mass is 10.4. The molecule has 15 heavy (non-hydrogen) atoms. The zero-order chi connectivity index (χ0) is 10.8. The lowest BCUT2D eigenvalue weighted by Gasteiger charge is -2.14. The molecular formula is C11H23ClN2O. The Hall–Kier alpha value is 0.170. The van der Waals surface area contributed by atoms with Gasteiger partial charge in [-0.2, -0.15) is 0 Å².